The van der Waals surface area contributed by atoms with Crippen molar-refractivity contribution in [1.82, 2.24) is 0 Å². The van der Waals surface area contributed by atoms with Crippen LogP contribution in [0.15, 0.2) is 10.7 Å². The van der Waals surface area contributed by atoms with Crippen molar-refractivity contribution in [3.63, 3.8) is 0 Å². The predicted octanol–water partition coefficient (Wildman–Crippen LogP) is 0.260. The van der Waals surface area contributed by atoms with Crippen molar-refractivity contribution < 1.29 is 26.2 Å². The van der Waals surface area contributed by atoms with E-state index in [1.165, 1.54) is 0 Å². The largest absolute Gasteiger partial charge is 0.444 e. The Labute approximate surface area is 73.1 Å². The van der Waals surface area contributed by atoms with Crippen molar-refractivity contribution in [2.75, 3.05) is 0 Å². The molecule has 0 heterocycles. The maximum absolute atomic E-state index is 8.25. The van der Waals surface area contributed by atoms with Crippen molar-refractivity contribution in [2.24, 2.45) is 10.7 Å². The molecule has 0 aliphatic carbocycles. The second-order valence-electron chi connectivity index (χ2n) is 0.373. The number of hydrogen-bond acceptors (Lipinski definition) is 9. The maximum Gasteiger partial charge on any atom is 0.0689 e. The molecule has 0 aromatic heterocycles. The Balaban J connectivity index is -0.0000000325. The summed E-state index contributed by atoms with van der Waals surface area (Å²) in [5, 5.41) is 32.8. The average molecular weight is 349 g/mol. The van der Waals surface area contributed by atoms with Crippen LogP contribution in [0, 0.1) is 35.6 Å². The maximum atomic E-state index is 8.25. The zero-order valence-electron chi connectivity index (χ0n) is 4.52. The average Bonchev–Trinajstić information content (AvgIpc) is 1.65. The summed E-state index contributed by atoms with van der Waals surface area (Å²) in [6.45, 7) is 0. The van der Waals surface area contributed by atoms with E-state index in [1.807, 2.05) is 0 Å². The molecule has 11 heavy (non-hydrogen) atoms. The normalized spacial score (nSPS) is 4.36. The minimum Gasteiger partial charge on any atom is -0.444 e. The van der Waals surface area contributed by atoms with Gasteiger partial charge in [0.05, 0.1) is 5.09 Å². The van der Waals surface area contributed by atoms with E-state index >= 15 is 0 Å². The molecule has 0 rings (SSSR count). The fourth-order valence-electron chi connectivity index (χ4n) is 0. The van der Waals surface area contributed by atoms with E-state index < -0.39 is 5.09 Å². The van der Waals surface area contributed by atoms with Gasteiger partial charge in [0.15, 0.2) is 0 Å². The Bertz CT molecular complexity index is 81.7. The second-order valence-corrected chi connectivity index (χ2v) is 0.373. The first-order valence-corrected chi connectivity index (χ1v) is 1.28. The van der Waals surface area contributed by atoms with Crippen LogP contribution < -0.4 is 0 Å². The Morgan fingerprint density at radius 2 is 1.00 bits per heavy atom. The van der Waals surface area contributed by atoms with E-state index in [4.69, 9.17) is 35.6 Å². The molecule has 0 aromatic rings. The first-order valence-electron chi connectivity index (χ1n) is 1.28. The van der Waals surface area contributed by atoms with Gasteiger partial charge in [-0.15, -0.1) is 10.7 Å². The quantitative estimate of drug-likeness (QED) is 0.343. The molecule has 0 bridgehead atoms. The van der Waals surface area contributed by atoms with Crippen LogP contribution in [0.5, 0.6) is 0 Å². The third kappa shape index (κ3) is 226. The third-order valence-corrected chi connectivity index (χ3v) is 0. The van der Waals surface area contributed by atoms with Crippen molar-refractivity contribution in [3.05, 3.63) is 35.6 Å². The van der Waals surface area contributed by atoms with Gasteiger partial charge < -0.3 is 35.6 Å². The summed E-state index contributed by atoms with van der Waals surface area (Å²) in [5.41, 5.74) is 0. The van der Waals surface area contributed by atoms with E-state index in [9.17, 15) is 0 Å². The molecule has 70 valence electrons. The van der Waals surface area contributed by atoms with Crippen molar-refractivity contribution in [3.8, 4) is 0 Å². The van der Waals surface area contributed by atoms with Gasteiger partial charge in [0, 0.05) is 21.1 Å². The van der Waals surface area contributed by atoms with Crippen molar-refractivity contribution in [1.29, 1.82) is 0 Å². The molecular formula is N3O7Pt-3. The smallest absolute Gasteiger partial charge is 0.0689 e. The Morgan fingerprint density at radius 1 is 1.00 bits per heavy atom. The summed E-state index contributed by atoms with van der Waals surface area (Å²) in [4.78, 5) is 24.2. The fraction of sp³-hybridized carbons (Fsp3) is 0. The summed E-state index contributed by atoms with van der Waals surface area (Å²) in [6.07, 6.45) is 0. The Hall–Kier alpha value is -1.31. The molecule has 0 N–H and O–H groups in total. The number of hydrogen-bond donors (Lipinski definition) is 0. The molecule has 10 nitrogen and oxygen atoms in total. The topological polar surface area (TPSA) is 171 Å². The molecule has 0 amide bonds. The molecule has 0 unspecified atom stereocenters. The minimum atomic E-state index is -1.75. The molecule has 0 fully saturated rings. The summed E-state index contributed by atoms with van der Waals surface area (Å²) in [6, 6.07) is 0. The summed E-state index contributed by atoms with van der Waals surface area (Å²) in [7, 11) is 0. The van der Waals surface area contributed by atoms with Crippen LogP contribution in [0.1, 0.15) is 0 Å². The van der Waals surface area contributed by atoms with Gasteiger partial charge in [0.25, 0.3) is 0 Å². The zero-order chi connectivity index (χ0) is 8.99. The first-order chi connectivity index (χ1) is 4.56. The van der Waals surface area contributed by atoms with Crippen LogP contribution in [0.2, 0.25) is 0 Å². The second kappa shape index (κ2) is 37.8. The molecule has 0 radical (unpaired) electrons. The zero-order valence-corrected chi connectivity index (χ0v) is 6.79. The summed E-state index contributed by atoms with van der Waals surface area (Å²) >= 11 is 0. The monoisotopic (exact) mass is 349 g/mol. The summed E-state index contributed by atoms with van der Waals surface area (Å²) in [5.74, 6) is 0. The SMILES string of the molecule is O=N[O-].O=N[O-].O=[N+]([O-])[O-].[Pt]. The van der Waals surface area contributed by atoms with Gasteiger partial charge in [0.1, 0.15) is 0 Å². The van der Waals surface area contributed by atoms with Crippen LogP contribution in [-0.2, 0) is 21.1 Å². The van der Waals surface area contributed by atoms with Gasteiger partial charge in [0.2, 0.25) is 0 Å². The molecule has 0 aliphatic heterocycles. The minimum absolute atomic E-state index is 0. The Kier molecular flexibility index (Phi) is 77.6. The molecule has 0 saturated heterocycles. The van der Waals surface area contributed by atoms with Gasteiger partial charge in [-0.05, 0) is 0 Å². The van der Waals surface area contributed by atoms with Gasteiger partial charge in [-0.25, -0.2) is 0 Å². The Morgan fingerprint density at radius 3 is 1.00 bits per heavy atom. The number of rotatable bonds is 0. The van der Waals surface area contributed by atoms with Gasteiger partial charge in [-0.3, -0.25) is 0 Å². The molecule has 11 heteroatoms. The third-order valence-electron chi connectivity index (χ3n) is 0. The van der Waals surface area contributed by atoms with Gasteiger partial charge >= 0.3 is 0 Å². The van der Waals surface area contributed by atoms with Crippen LogP contribution in [0.3, 0.4) is 0 Å². The molecule has 0 saturated carbocycles. The van der Waals surface area contributed by atoms with E-state index in [0.29, 0.717) is 0 Å². The molecule has 0 atom stereocenters. The molecule has 0 aliphatic rings. The fourth-order valence-corrected chi connectivity index (χ4v) is 0. The predicted molar refractivity (Wildman–Crippen MR) is 28.7 cm³/mol. The van der Waals surface area contributed by atoms with Gasteiger partial charge in [-0.2, -0.15) is 0 Å². The molecule has 0 aromatic carbocycles. The number of nitrogens with zero attached hydrogens (tertiary/aromatic N) is 3. The first kappa shape index (κ1) is 22.6. The van der Waals surface area contributed by atoms with Crippen LogP contribution >= 0.6 is 0 Å². The molecule has 0 spiro atoms. The van der Waals surface area contributed by atoms with Gasteiger partial charge in [-0.1, -0.05) is 0 Å². The molecular weight excluding hydrogens is 349 g/mol. The van der Waals surface area contributed by atoms with E-state index in [2.05, 4.69) is 0 Å². The van der Waals surface area contributed by atoms with Crippen molar-refractivity contribution in [2.45, 2.75) is 0 Å². The standard InChI is InChI=1S/NO3.2HNO2.Pt/c2-1(3)4;2*2-1-3;/h;2*(H,2,3);/q-1;;;/p-2. The van der Waals surface area contributed by atoms with Crippen LogP contribution in [-0.4, -0.2) is 5.09 Å². The van der Waals surface area contributed by atoms with E-state index in [-0.39, 0.29) is 21.1 Å². The van der Waals surface area contributed by atoms with E-state index in [0.717, 1.165) is 10.7 Å². The van der Waals surface area contributed by atoms with Crippen molar-refractivity contribution >= 4 is 0 Å². The van der Waals surface area contributed by atoms with Crippen LogP contribution in [0.25, 0.3) is 0 Å². The summed E-state index contributed by atoms with van der Waals surface area (Å²) < 4.78 is 0. The van der Waals surface area contributed by atoms with Crippen LogP contribution in [0.4, 0.5) is 0 Å². The van der Waals surface area contributed by atoms with E-state index in [1.54, 1.807) is 0 Å².